The highest BCUT2D eigenvalue weighted by Crippen LogP contribution is 2.39. The molecule has 1 unspecified atom stereocenters. The van der Waals surface area contributed by atoms with Gasteiger partial charge in [0.25, 0.3) is 0 Å². The molecule has 2 aliphatic heterocycles. The molecule has 2 aromatic rings. The van der Waals surface area contributed by atoms with Gasteiger partial charge in [-0.25, -0.2) is 0 Å². The number of anilines is 1. The molecule has 0 bridgehead atoms. The van der Waals surface area contributed by atoms with Gasteiger partial charge in [-0.05, 0) is 37.6 Å². The Morgan fingerprint density at radius 3 is 2.38 bits per heavy atom. The summed E-state index contributed by atoms with van der Waals surface area (Å²) in [6.07, 6.45) is 2.13. The predicted molar refractivity (Wildman–Crippen MR) is 112 cm³/mol. The molecule has 2 aromatic carbocycles. The van der Waals surface area contributed by atoms with Crippen LogP contribution in [0.3, 0.4) is 0 Å². The van der Waals surface area contributed by atoms with Crippen molar-refractivity contribution >= 4 is 17.5 Å². The first kappa shape index (κ1) is 19.5. The highest BCUT2D eigenvalue weighted by Gasteiger charge is 2.33. The summed E-state index contributed by atoms with van der Waals surface area (Å²) in [4.78, 5) is 31.3. The first-order chi connectivity index (χ1) is 14.1. The average molecular weight is 393 g/mol. The second-order valence-electron chi connectivity index (χ2n) is 7.73. The Kier molecular flexibility index (Phi) is 5.81. The van der Waals surface area contributed by atoms with E-state index in [0.717, 1.165) is 37.2 Å². The average Bonchev–Trinajstić information content (AvgIpc) is 3.28. The van der Waals surface area contributed by atoms with E-state index in [9.17, 15) is 9.59 Å². The number of likely N-dealkylation sites (tertiary alicyclic amines) is 1. The van der Waals surface area contributed by atoms with Crippen molar-refractivity contribution in [3.63, 3.8) is 0 Å². The maximum Gasteiger partial charge on any atom is 0.241 e. The molecule has 2 aliphatic rings. The highest BCUT2D eigenvalue weighted by atomic mass is 16.5. The topological polar surface area (TPSA) is 53.1 Å². The van der Waals surface area contributed by atoms with Crippen LogP contribution in [0.1, 0.15) is 24.4 Å². The van der Waals surface area contributed by atoms with Gasteiger partial charge in [0, 0.05) is 13.1 Å². The van der Waals surface area contributed by atoms with Crippen molar-refractivity contribution in [1.82, 2.24) is 9.80 Å². The fraction of sp³-hybridized carbons (Fsp3) is 0.391. The maximum absolute atomic E-state index is 13.4. The van der Waals surface area contributed by atoms with E-state index in [1.807, 2.05) is 76.3 Å². The standard InChI is InChI=1S/C23H27N3O3/c1-24(15-22(27)25-13-7-8-14-25)16-23(28)26-19-11-5-6-12-21(19)29-17-20(26)18-9-3-2-4-10-18/h2-6,9-12,20H,7-8,13-17H2,1H3. The smallest absolute Gasteiger partial charge is 0.241 e. The van der Waals surface area contributed by atoms with Gasteiger partial charge in [-0.15, -0.1) is 0 Å². The molecule has 6 heteroatoms. The van der Waals surface area contributed by atoms with Gasteiger partial charge in [-0.2, -0.15) is 0 Å². The number of carbonyl (C=O) groups is 2. The van der Waals surface area contributed by atoms with Gasteiger partial charge in [0.1, 0.15) is 12.4 Å². The second-order valence-corrected chi connectivity index (χ2v) is 7.73. The number of hydrogen-bond donors (Lipinski definition) is 0. The third-order valence-corrected chi connectivity index (χ3v) is 5.56. The fourth-order valence-electron chi connectivity index (χ4n) is 4.08. The number of likely N-dealkylation sites (N-methyl/N-ethyl adjacent to an activating group) is 1. The lowest BCUT2D eigenvalue weighted by Gasteiger charge is -2.38. The molecule has 0 radical (unpaired) electrons. The number of rotatable bonds is 5. The van der Waals surface area contributed by atoms with E-state index in [4.69, 9.17) is 4.74 Å². The lowest BCUT2D eigenvalue weighted by atomic mass is 10.0. The van der Waals surface area contributed by atoms with Crippen LogP contribution in [-0.2, 0) is 9.59 Å². The van der Waals surface area contributed by atoms with Gasteiger partial charge in [-0.1, -0.05) is 42.5 Å². The van der Waals surface area contributed by atoms with Crippen molar-refractivity contribution < 1.29 is 14.3 Å². The minimum Gasteiger partial charge on any atom is -0.489 e. The van der Waals surface area contributed by atoms with Crippen molar-refractivity contribution in [3.05, 3.63) is 60.2 Å². The van der Waals surface area contributed by atoms with Gasteiger partial charge in [-0.3, -0.25) is 19.4 Å². The molecule has 0 aromatic heterocycles. The molecule has 2 amide bonds. The van der Waals surface area contributed by atoms with Crippen molar-refractivity contribution in [3.8, 4) is 5.75 Å². The van der Waals surface area contributed by atoms with E-state index >= 15 is 0 Å². The van der Waals surface area contributed by atoms with Crippen LogP contribution in [0.25, 0.3) is 0 Å². The van der Waals surface area contributed by atoms with Crippen LogP contribution < -0.4 is 9.64 Å². The van der Waals surface area contributed by atoms with E-state index in [2.05, 4.69) is 0 Å². The predicted octanol–water partition coefficient (Wildman–Crippen LogP) is 2.71. The summed E-state index contributed by atoms with van der Waals surface area (Å²) in [7, 11) is 1.83. The zero-order chi connectivity index (χ0) is 20.2. The van der Waals surface area contributed by atoms with Gasteiger partial charge in [0.2, 0.25) is 11.8 Å². The van der Waals surface area contributed by atoms with Crippen molar-refractivity contribution in [2.45, 2.75) is 18.9 Å². The quantitative estimate of drug-likeness (QED) is 0.784. The Morgan fingerprint density at radius 1 is 0.966 bits per heavy atom. The Hall–Kier alpha value is -2.86. The van der Waals surface area contributed by atoms with Crippen LogP contribution >= 0.6 is 0 Å². The molecule has 0 aliphatic carbocycles. The van der Waals surface area contributed by atoms with Crippen LogP contribution in [0.2, 0.25) is 0 Å². The summed E-state index contributed by atoms with van der Waals surface area (Å²) >= 11 is 0. The largest absolute Gasteiger partial charge is 0.489 e. The minimum atomic E-state index is -0.193. The number of para-hydroxylation sites is 2. The zero-order valence-electron chi connectivity index (χ0n) is 16.8. The van der Waals surface area contributed by atoms with Crippen molar-refractivity contribution in [1.29, 1.82) is 0 Å². The summed E-state index contributed by atoms with van der Waals surface area (Å²) < 4.78 is 5.94. The molecular formula is C23H27N3O3. The Bertz CT molecular complexity index is 865. The molecule has 0 spiro atoms. The van der Waals surface area contributed by atoms with E-state index in [1.165, 1.54) is 0 Å². The summed E-state index contributed by atoms with van der Waals surface area (Å²) in [5, 5.41) is 0. The summed E-state index contributed by atoms with van der Waals surface area (Å²) in [5.74, 6) is 0.773. The normalized spacial score (nSPS) is 18.5. The number of fused-ring (bicyclic) bond motifs is 1. The molecule has 1 saturated heterocycles. The van der Waals surface area contributed by atoms with Gasteiger partial charge >= 0.3 is 0 Å². The van der Waals surface area contributed by atoms with Gasteiger partial charge in [0.05, 0.1) is 24.8 Å². The summed E-state index contributed by atoms with van der Waals surface area (Å²) in [5.41, 5.74) is 1.81. The molecular weight excluding hydrogens is 366 g/mol. The monoisotopic (exact) mass is 393 g/mol. The van der Waals surface area contributed by atoms with Gasteiger partial charge in [0.15, 0.2) is 0 Å². The summed E-state index contributed by atoms with van der Waals surface area (Å²) in [6.45, 7) is 2.50. The first-order valence-corrected chi connectivity index (χ1v) is 10.2. The minimum absolute atomic E-state index is 0.0358. The van der Waals surface area contributed by atoms with Crippen LogP contribution in [0.5, 0.6) is 5.75 Å². The second kappa shape index (κ2) is 8.66. The zero-order valence-corrected chi connectivity index (χ0v) is 16.8. The van der Waals surface area contributed by atoms with Crippen LogP contribution in [0.4, 0.5) is 5.69 Å². The molecule has 6 nitrogen and oxygen atoms in total. The fourth-order valence-corrected chi connectivity index (χ4v) is 4.08. The highest BCUT2D eigenvalue weighted by molar-refractivity contribution is 5.97. The van der Waals surface area contributed by atoms with E-state index in [-0.39, 0.29) is 30.9 Å². The lowest BCUT2D eigenvalue weighted by Crippen LogP contribution is -2.47. The molecule has 0 N–H and O–H groups in total. The number of amides is 2. The van der Waals surface area contributed by atoms with Crippen LogP contribution in [-0.4, -0.2) is 61.4 Å². The van der Waals surface area contributed by atoms with E-state index in [0.29, 0.717) is 12.4 Å². The molecule has 29 heavy (non-hydrogen) atoms. The lowest BCUT2D eigenvalue weighted by molar-refractivity contribution is -0.131. The Morgan fingerprint density at radius 2 is 1.62 bits per heavy atom. The number of ether oxygens (including phenoxy) is 1. The molecule has 2 heterocycles. The van der Waals surface area contributed by atoms with Gasteiger partial charge < -0.3 is 9.64 Å². The first-order valence-electron chi connectivity index (χ1n) is 10.2. The van der Waals surface area contributed by atoms with Crippen LogP contribution in [0, 0.1) is 0 Å². The number of benzene rings is 2. The third-order valence-electron chi connectivity index (χ3n) is 5.56. The molecule has 4 rings (SSSR count). The third kappa shape index (κ3) is 4.27. The molecule has 1 fully saturated rings. The Balaban J connectivity index is 1.52. The van der Waals surface area contributed by atoms with Crippen molar-refractivity contribution in [2.24, 2.45) is 0 Å². The van der Waals surface area contributed by atoms with E-state index < -0.39 is 0 Å². The number of nitrogens with zero attached hydrogens (tertiary/aromatic N) is 3. The maximum atomic E-state index is 13.4. The molecule has 152 valence electrons. The Labute approximate surface area is 171 Å². The molecule has 1 atom stereocenters. The SMILES string of the molecule is CN(CC(=O)N1CCCC1)CC(=O)N1c2ccccc2OCC1c1ccccc1. The van der Waals surface area contributed by atoms with Crippen molar-refractivity contribution in [2.75, 3.05) is 44.7 Å². The summed E-state index contributed by atoms with van der Waals surface area (Å²) in [6, 6.07) is 17.4. The molecule has 0 saturated carbocycles. The number of hydrogen-bond acceptors (Lipinski definition) is 4. The number of carbonyl (C=O) groups excluding carboxylic acids is 2. The van der Waals surface area contributed by atoms with E-state index in [1.54, 1.807) is 0 Å². The van der Waals surface area contributed by atoms with Crippen LogP contribution in [0.15, 0.2) is 54.6 Å².